The topological polar surface area (TPSA) is 58.2 Å². The summed E-state index contributed by atoms with van der Waals surface area (Å²) < 4.78 is 1.05. The van der Waals surface area contributed by atoms with E-state index in [1.165, 1.54) is 0 Å². The smallest absolute Gasteiger partial charge is 0.251 e. The van der Waals surface area contributed by atoms with Gasteiger partial charge in [-0.2, -0.15) is 0 Å². The first-order valence-corrected chi connectivity index (χ1v) is 9.08. The van der Waals surface area contributed by atoms with Crippen LogP contribution in [0.5, 0.6) is 0 Å². The fourth-order valence-corrected chi connectivity index (χ4v) is 3.42. The van der Waals surface area contributed by atoms with Crippen molar-refractivity contribution in [2.24, 2.45) is 0 Å². The molecule has 1 heterocycles. The van der Waals surface area contributed by atoms with Crippen LogP contribution in [0.4, 0.5) is 0 Å². The Balaban J connectivity index is 1.62. The second-order valence-electron chi connectivity index (χ2n) is 4.85. The third kappa shape index (κ3) is 6.33. The highest BCUT2D eigenvalue weighted by Crippen LogP contribution is 2.21. The Morgan fingerprint density at radius 3 is 2.48 bits per heavy atom. The average molecular weight is 416 g/mol. The number of hydrogen-bond donors (Lipinski definition) is 2. The molecule has 0 bridgehead atoms. The maximum atomic E-state index is 11.9. The minimum absolute atomic E-state index is 0.0183. The lowest BCUT2D eigenvalue weighted by Crippen LogP contribution is -2.27. The first-order chi connectivity index (χ1) is 11.0. The van der Waals surface area contributed by atoms with Crippen molar-refractivity contribution >= 4 is 50.7 Å². The zero-order chi connectivity index (χ0) is 16.7. The Labute approximate surface area is 152 Å². The van der Waals surface area contributed by atoms with Gasteiger partial charge in [0.2, 0.25) is 5.91 Å². The lowest BCUT2D eigenvalue weighted by molar-refractivity contribution is -0.121. The van der Waals surface area contributed by atoms with Gasteiger partial charge < -0.3 is 10.6 Å². The molecule has 2 N–H and O–H groups in total. The number of amides is 2. The van der Waals surface area contributed by atoms with E-state index < -0.39 is 0 Å². The fourth-order valence-electron chi connectivity index (χ4n) is 1.88. The molecule has 0 unspecified atom stereocenters. The molecule has 0 aliphatic carbocycles. The molecule has 2 aromatic rings. The van der Waals surface area contributed by atoms with Crippen molar-refractivity contribution in [2.75, 3.05) is 6.54 Å². The second-order valence-corrected chi connectivity index (χ2v) is 7.83. The van der Waals surface area contributed by atoms with Crippen molar-refractivity contribution in [3.05, 3.63) is 55.6 Å². The average Bonchev–Trinajstić information content (AvgIpc) is 2.95. The van der Waals surface area contributed by atoms with Crippen LogP contribution >= 0.6 is 38.9 Å². The maximum Gasteiger partial charge on any atom is 0.251 e. The molecule has 1 aromatic heterocycles. The van der Waals surface area contributed by atoms with Gasteiger partial charge in [0.15, 0.2) is 0 Å². The second kappa shape index (κ2) is 9.05. The van der Waals surface area contributed by atoms with Crippen LogP contribution in [0, 0.1) is 0 Å². The molecular formula is C16H16BrClN2O2S. The molecule has 0 fully saturated rings. The van der Waals surface area contributed by atoms with E-state index >= 15 is 0 Å². The Hall–Kier alpha value is -1.37. The number of carbonyl (C=O) groups is 2. The molecule has 1 aromatic carbocycles. The van der Waals surface area contributed by atoms with Gasteiger partial charge in [0.1, 0.15) is 0 Å². The molecule has 0 aliphatic heterocycles. The molecule has 7 heteroatoms. The van der Waals surface area contributed by atoms with Gasteiger partial charge in [-0.3, -0.25) is 9.59 Å². The van der Waals surface area contributed by atoms with Crippen LogP contribution in [-0.4, -0.2) is 18.4 Å². The third-order valence-electron chi connectivity index (χ3n) is 3.06. The number of carbonyl (C=O) groups excluding carboxylic acids is 2. The predicted octanol–water partition coefficient (Wildman–Crippen LogP) is 3.99. The lowest BCUT2D eigenvalue weighted by atomic mass is 10.2. The molecule has 0 saturated heterocycles. The largest absolute Gasteiger partial charge is 0.352 e. The highest BCUT2D eigenvalue weighted by atomic mass is 79.9. The van der Waals surface area contributed by atoms with Gasteiger partial charge in [-0.15, -0.1) is 11.3 Å². The summed E-state index contributed by atoms with van der Waals surface area (Å²) in [6.45, 7) is 0.992. The summed E-state index contributed by atoms with van der Waals surface area (Å²) >= 11 is 10.8. The summed E-state index contributed by atoms with van der Waals surface area (Å²) in [5, 5.41) is 6.24. The van der Waals surface area contributed by atoms with Crippen LogP contribution in [0.15, 0.2) is 40.2 Å². The van der Waals surface area contributed by atoms with Crippen LogP contribution in [0.1, 0.15) is 28.1 Å². The number of halogens is 2. The minimum atomic E-state index is -0.162. The summed E-state index contributed by atoms with van der Waals surface area (Å²) in [5.74, 6) is -0.180. The van der Waals surface area contributed by atoms with E-state index in [9.17, 15) is 9.59 Å². The van der Waals surface area contributed by atoms with Crippen molar-refractivity contribution in [1.82, 2.24) is 10.6 Å². The Morgan fingerprint density at radius 2 is 1.83 bits per heavy atom. The van der Waals surface area contributed by atoms with Gasteiger partial charge in [0.25, 0.3) is 5.91 Å². The van der Waals surface area contributed by atoms with Crippen LogP contribution in [0.3, 0.4) is 0 Å². The Kier molecular flexibility index (Phi) is 7.08. The third-order valence-corrected chi connectivity index (χ3v) is 4.94. The predicted molar refractivity (Wildman–Crippen MR) is 96.9 cm³/mol. The van der Waals surface area contributed by atoms with Crippen LogP contribution in [0.25, 0.3) is 0 Å². The van der Waals surface area contributed by atoms with Gasteiger partial charge >= 0.3 is 0 Å². The number of hydrogen-bond acceptors (Lipinski definition) is 3. The first kappa shape index (κ1) is 18.0. The van der Waals surface area contributed by atoms with Gasteiger partial charge in [-0.1, -0.05) is 11.6 Å². The summed E-state index contributed by atoms with van der Waals surface area (Å²) in [5.41, 5.74) is 0.558. The molecule has 122 valence electrons. The minimum Gasteiger partial charge on any atom is -0.352 e. The molecule has 2 rings (SSSR count). The molecule has 0 aliphatic rings. The van der Waals surface area contributed by atoms with E-state index in [4.69, 9.17) is 11.6 Å². The summed E-state index contributed by atoms with van der Waals surface area (Å²) in [4.78, 5) is 24.7. The zero-order valence-electron chi connectivity index (χ0n) is 12.3. The number of thiophene rings is 1. The quantitative estimate of drug-likeness (QED) is 0.672. The van der Waals surface area contributed by atoms with Crippen molar-refractivity contribution in [2.45, 2.75) is 19.4 Å². The molecule has 2 amide bonds. The SMILES string of the molecule is O=C(CCCNC(=O)c1ccc(Cl)cc1)NCc1ccc(Br)s1. The van der Waals surface area contributed by atoms with Crippen molar-refractivity contribution in [1.29, 1.82) is 0 Å². The van der Waals surface area contributed by atoms with Crippen LogP contribution in [-0.2, 0) is 11.3 Å². The lowest BCUT2D eigenvalue weighted by Gasteiger charge is -2.06. The zero-order valence-corrected chi connectivity index (χ0v) is 15.4. The Bertz CT molecular complexity index is 673. The van der Waals surface area contributed by atoms with E-state index in [0.717, 1.165) is 8.66 Å². The van der Waals surface area contributed by atoms with E-state index in [-0.39, 0.29) is 11.8 Å². The van der Waals surface area contributed by atoms with Gasteiger partial charge in [0.05, 0.1) is 10.3 Å². The van der Waals surface area contributed by atoms with E-state index in [1.807, 2.05) is 12.1 Å². The number of rotatable bonds is 7. The summed E-state index contributed by atoms with van der Waals surface area (Å²) in [7, 11) is 0. The fraction of sp³-hybridized carbons (Fsp3) is 0.250. The molecule has 23 heavy (non-hydrogen) atoms. The number of benzene rings is 1. The molecule has 0 radical (unpaired) electrons. The summed E-state index contributed by atoms with van der Waals surface area (Å²) in [6.07, 6.45) is 0.979. The Morgan fingerprint density at radius 1 is 1.09 bits per heavy atom. The molecule has 0 spiro atoms. The maximum absolute atomic E-state index is 11.9. The van der Waals surface area contributed by atoms with Crippen LogP contribution < -0.4 is 10.6 Å². The van der Waals surface area contributed by atoms with E-state index in [0.29, 0.717) is 36.5 Å². The van der Waals surface area contributed by atoms with E-state index in [1.54, 1.807) is 35.6 Å². The number of nitrogens with one attached hydrogen (secondary N) is 2. The normalized spacial score (nSPS) is 10.3. The highest BCUT2D eigenvalue weighted by Gasteiger charge is 2.06. The molecular weight excluding hydrogens is 400 g/mol. The molecule has 0 atom stereocenters. The van der Waals surface area contributed by atoms with Crippen LogP contribution in [0.2, 0.25) is 5.02 Å². The first-order valence-electron chi connectivity index (χ1n) is 7.09. The van der Waals surface area contributed by atoms with Gasteiger partial charge in [-0.25, -0.2) is 0 Å². The van der Waals surface area contributed by atoms with Gasteiger partial charge in [-0.05, 0) is 58.7 Å². The van der Waals surface area contributed by atoms with Crippen molar-refractivity contribution < 1.29 is 9.59 Å². The van der Waals surface area contributed by atoms with Crippen molar-refractivity contribution in [3.63, 3.8) is 0 Å². The van der Waals surface area contributed by atoms with Crippen molar-refractivity contribution in [3.8, 4) is 0 Å². The van der Waals surface area contributed by atoms with Gasteiger partial charge in [0, 0.05) is 28.4 Å². The summed E-state index contributed by atoms with van der Waals surface area (Å²) in [6, 6.07) is 10.6. The van der Waals surface area contributed by atoms with E-state index in [2.05, 4.69) is 26.6 Å². The molecule has 0 saturated carbocycles. The standard InChI is InChI=1S/C16H16BrClN2O2S/c17-14-8-7-13(23-14)10-20-15(21)2-1-9-19-16(22)11-3-5-12(18)6-4-11/h3-8H,1-2,9-10H2,(H,19,22)(H,20,21). The highest BCUT2D eigenvalue weighted by molar-refractivity contribution is 9.11. The monoisotopic (exact) mass is 414 g/mol. The molecule has 4 nitrogen and oxygen atoms in total.